The second-order valence-electron chi connectivity index (χ2n) is 5.34. The fourth-order valence-corrected chi connectivity index (χ4v) is 2.04. The van der Waals surface area contributed by atoms with Crippen molar-refractivity contribution in [1.82, 2.24) is 5.32 Å². The standard InChI is InChI=1S/C18H21FN4O2.HI/c1-12-3-4-13(11-16(12)19)17(24)21-9-10-22-18(20)23-14-5-7-15(25-2)8-6-14;/h3-8,11H,9-10H2,1-2H3,(H,21,24)(H3,20,22,23);1H. The number of nitrogens with zero attached hydrogens (tertiary/aromatic N) is 1. The smallest absolute Gasteiger partial charge is 0.251 e. The summed E-state index contributed by atoms with van der Waals surface area (Å²) < 4.78 is 18.5. The third-order valence-corrected chi connectivity index (χ3v) is 3.48. The molecule has 26 heavy (non-hydrogen) atoms. The Morgan fingerprint density at radius 1 is 1.23 bits per heavy atom. The molecule has 1 amide bonds. The zero-order valence-electron chi connectivity index (χ0n) is 14.6. The topological polar surface area (TPSA) is 88.7 Å². The van der Waals surface area contributed by atoms with E-state index in [4.69, 9.17) is 10.5 Å². The van der Waals surface area contributed by atoms with Crippen molar-refractivity contribution in [3.63, 3.8) is 0 Å². The number of hydrogen-bond donors (Lipinski definition) is 3. The number of nitrogens with two attached hydrogens (primary N) is 1. The first-order chi connectivity index (χ1) is 12.0. The van der Waals surface area contributed by atoms with Crippen LogP contribution in [0.4, 0.5) is 10.1 Å². The van der Waals surface area contributed by atoms with Gasteiger partial charge >= 0.3 is 0 Å². The van der Waals surface area contributed by atoms with Gasteiger partial charge in [-0.2, -0.15) is 0 Å². The molecular formula is C18H22FIN4O2. The van der Waals surface area contributed by atoms with Gasteiger partial charge in [-0.25, -0.2) is 4.39 Å². The molecule has 0 aliphatic rings. The summed E-state index contributed by atoms with van der Waals surface area (Å²) >= 11 is 0. The zero-order valence-corrected chi connectivity index (χ0v) is 16.9. The molecule has 4 N–H and O–H groups in total. The molecule has 0 saturated carbocycles. The van der Waals surface area contributed by atoms with Crippen molar-refractivity contribution in [2.75, 3.05) is 25.5 Å². The number of ether oxygens (including phenoxy) is 1. The first kappa shape index (κ1) is 21.7. The van der Waals surface area contributed by atoms with Gasteiger partial charge in [-0.3, -0.25) is 9.79 Å². The number of aliphatic imine (C=N–C) groups is 1. The van der Waals surface area contributed by atoms with Crippen molar-refractivity contribution in [2.24, 2.45) is 10.7 Å². The number of carbonyl (C=O) groups is 1. The van der Waals surface area contributed by atoms with Crippen molar-refractivity contribution in [2.45, 2.75) is 6.92 Å². The van der Waals surface area contributed by atoms with E-state index in [0.717, 1.165) is 11.4 Å². The van der Waals surface area contributed by atoms with Crippen molar-refractivity contribution in [3.05, 3.63) is 59.4 Å². The van der Waals surface area contributed by atoms with Crippen LogP contribution in [0.2, 0.25) is 0 Å². The van der Waals surface area contributed by atoms with Crippen LogP contribution in [0, 0.1) is 12.7 Å². The predicted octanol–water partition coefficient (Wildman–Crippen LogP) is 2.92. The summed E-state index contributed by atoms with van der Waals surface area (Å²) in [5, 5.41) is 5.60. The number of amides is 1. The zero-order chi connectivity index (χ0) is 18.2. The van der Waals surface area contributed by atoms with Crippen LogP contribution in [0.1, 0.15) is 15.9 Å². The quantitative estimate of drug-likeness (QED) is 0.261. The maximum absolute atomic E-state index is 13.5. The second-order valence-corrected chi connectivity index (χ2v) is 5.34. The molecule has 140 valence electrons. The fourth-order valence-electron chi connectivity index (χ4n) is 2.04. The van der Waals surface area contributed by atoms with Crippen LogP contribution in [-0.4, -0.2) is 32.1 Å². The lowest BCUT2D eigenvalue weighted by Gasteiger charge is -2.07. The summed E-state index contributed by atoms with van der Waals surface area (Å²) in [7, 11) is 1.59. The minimum atomic E-state index is -0.404. The SMILES string of the molecule is COc1ccc(NC(N)=NCCNC(=O)c2ccc(C)c(F)c2)cc1.I. The first-order valence-corrected chi connectivity index (χ1v) is 7.75. The van der Waals surface area contributed by atoms with Crippen LogP contribution in [-0.2, 0) is 0 Å². The van der Waals surface area contributed by atoms with Crippen LogP contribution >= 0.6 is 24.0 Å². The van der Waals surface area contributed by atoms with E-state index in [2.05, 4.69) is 15.6 Å². The Bertz CT molecular complexity index is 766. The Morgan fingerprint density at radius 3 is 2.54 bits per heavy atom. The Balaban J connectivity index is 0.00000338. The van der Waals surface area contributed by atoms with E-state index < -0.39 is 5.82 Å². The van der Waals surface area contributed by atoms with Gasteiger partial charge in [0.2, 0.25) is 0 Å². The average Bonchev–Trinajstić information content (AvgIpc) is 2.61. The molecule has 8 heteroatoms. The molecule has 0 aromatic heterocycles. The molecule has 0 saturated heterocycles. The number of rotatable bonds is 6. The third kappa shape index (κ3) is 6.51. The van der Waals surface area contributed by atoms with Crippen LogP contribution in [0.15, 0.2) is 47.5 Å². The van der Waals surface area contributed by atoms with E-state index in [1.54, 1.807) is 38.3 Å². The number of methoxy groups -OCH3 is 1. The molecule has 2 rings (SSSR count). The largest absolute Gasteiger partial charge is 0.497 e. The number of guanidine groups is 1. The number of anilines is 1. The monoisotopic (exact) mass is 472 g/mol. The number of halogens is 2. The van der Waals surface area contributed by atoms with Crippen molar-refractivity contribution in [1.29, 1.82) is 0 Å². The van der Waals surface area contributed by atoms with E-state index in [-0.39, 0.29) is 41.4 Å². The van der Waals surface area contributed by atoms with Crippen LogP contribution in [0.3, 0.4) is 0 Å². The molecule has 0 fully saturated rings. The Kier molecular flexibility index (Phi) is 8.83. The van der Waals surface area contributed by atoms with Crippen molar-refractivity contribution < 1.29 is 13.9 Å². The highest BCUT2D eigenvalue weighted by Gasteiger charge is 2.07. The summed E-state index contributed by atoms with van der Waals surface area (Å²) in [5.74, 6) is 0.228. The van der Waals surface area contributed by atoms with Gasteiger partial charge in [0.1, 0.15) is 11.6 Å². The molecule has 0 bridgehead atoms. The molecule has 0 heterocycles. The number of benzene rings is 2. The molecular weight excluding hydrogens is 450 g/mol. The van der Waals surface area contributed by atoms with Gasteiger partial charge in [0, 0.05) is 17.8 Å². The highest BCUT2D eigenvalue weighted by molar-refractivity contribution is 14.0. The summed E-state index contributed by atoms with van der Waals surface area (Å²) in [4.78, 5) is 16.0. The van der Waals surface area contributed by atoms with Crippen molar-refractivity contribution in [3.8, 4) is 5.75 Å². The highest BCUT2D eigenvalue weighted by Crippen LogP contribution is 2.14. The third-order valence-electron chi connectivity index (χ3n) is 3.48. The lowest BCUT2D eigenvalue weighted by atomic mass is 10.1. The molecule has 0 aliphatic heterocycles. The second kappa shape index (κ2) is 10.6. The Morgan fingerprint density at radius 2 is 1.92 bits per heavy atom. The van der Waals surface area contributed by atoms with Crippen LogP contribution in [0.5, 0.6) is 5.75 Å². The van der Waals surface area contributed by atoms with E-state index in [9.17, 15) is 9.18 Å². The van der Waals surface area contributed by atoms with Gasteiger partial charge in [-0.1, -0.05) is 6.07 Å². The molecule has 2 aromatic rings. The molecule has 0 aliphatic carbocycles. The molecule has 0 radical (unpaired) electrons. The average molecular weight is 472 g/mol. The first-order valence-electron chi connectivity index (χ1n) is 7.75. The molecule has 6 nitrogen and oxygen atoms in total. The highest BCUT2D eigenvalue weighted by atomic mass is 127. The maximum atomic E-state index is 13.5. The number of nitrogens with one attached hydrogen (secondary N) is 2. The van der Waals surface area contributed by atoms with Crippen LogP contribution < -0.4 is 21.1 Å². The minimum Gasteiger partial charge on any atom is -0.497 e. The van der Waals surface area contributed by atoms with Crippen molar-refractivity contribution >= 4 is 41.5 Å². The van der Waals surface area contributed by atoms with E-state index in [1.165, 1.54) is 6.07 Å². The molecule has 0 unspecified atom stereocenters. The van der Waals surface area contributed by atoms with Gasteiger partial charge in [-0.05, 0) is 48.9 Å². The van der Waals surface area contributed by atoms with Gasteiger partial charge in [0.05, 0.1) is 13.7 Å². The van der Waals surface area contributed by atoms with Gasteiger partial charge < -0.3 is 21.1 Å². The lowest BCUT2D eigenvalue weighted by molar-refractivity contribution is 0.0954. The lowest BCUT2D eigenvalue weighted by Crippen LogP contribution is -2.28. The summed E-state index contributed by atoms with van der Waals surface area (Å²) in [6, 6.07) is 11.6. The normalized spacial score (nSPS) is 10.7. The molecule has 2 aromatic carbocycles. The van der Waals surface area contributed by atoms with E-state index in [1.807, 2.05) is 12.1 Å². The molecule has 0 spiro atoms. The predicted molar refractivity (Wildman–Crippen MR) is 112 cm³/mol. The maximum Gasteiger partial charge on any atom is 0.251 e. The van der Waals surface area contributed by atoms with E-state index >= 15 is 0 Å². The number of aryl methyl sites for hydroxylation is 1. The number of carbonyl (C=O) groups excluding carboxylic acids is 1. The van der Waals surface area contributed by atoms with Gasteiger partial charge in [-0.15, -0.1) is 24.0 Å². The summed E-state index contributed by atoms with van der Waals surface area (Å²) in [6.07, 6.45) is 0. The van der Waals surface area contributed by atoms with E-state index in [0.29, 0.717) is 18.7 Å². The Hall–Kier alpha value is -2.36. The minimum absolute atomic E-state index is 0. The van der Waals surface area contributed by atoms with Gasteiger partial charge in [0.15, 0.2) is 5.96 Å². The van der Waals surface area contributed by atoms with Gasteiger partial charge in [0.25, 0.3) is 5.91 Å². The summed E-state index contributed by atoms with van der Waals surface area (Å²) in [5.41, 5.74) is 7.34. The number of hydrogen-bond acceptors (Lipinski definition) is 3. The molecule has 0 atom stereocenters. The van der Waals surface area contributed by atoms with Crippen LogP contribution in [0.25, 0.3) is 0 Å². The Labute approximate surface area is 169 Å². The fraction of sp³-hybridized carbons (Fsp3) is 0.222. The summed E-state index contributed by atoms with van der Waals surface area (Å²) in [6.45, 7) is 2.23.